The Kier molecular flexibility index (Phi) is 4.58. The topological polar surface area (TPSA) is 39.2 Å². The van der Waals surface area contributed by atoms with Crippen molar-refractivity contribution in [3.05, 3.63) is 48.2 Å². The number of hydrogen-bond donors (Lipinski definition) is 0. The van der Waals surface area contributed by atoms with Crippen LogP contribution in [0.2, 0.25) is 0 Å². The van der Waals surface area contributed by atoms with Crippen molar-refractivity contribution in [1.82, 2.24) is 4.98 Å². The normalized spacial score (nSPS) is 10.2. The number of ether oxygens (including phenoxy) is 1. The number of carbonyl (C=O) groups excluding carboxylic acids is 1. The van der Waals surface area contributed by atoms with E-state index in [0.717, 1.165) is 16.2 Å². The van der Waals surface area contributed by atoms with Crippen LogP contribution in [0.15, 0.2) is 47.5 Å². The van der Waals surface area contributed by atoms with Gasteiger partial charge in [0.15, 0.2) is 0 Å². The molecule has 2 aromatic rings. The first-order valence-corrected chi connectivity index (χ1v) is 7.25. The first kappa shape index (κ1) is 13.6. The third-order valence-electron chi connectivity index (χ3n) is 2.65. The third kappa shape index (κ3) is 3.15. The van der Waals surface area contributed by atoms with E-state index in [1.807, 2.05) is 36.6 Å². The van der Waals surface area contributed by atoms with Crippen LogP contribution in [0, 0.1) is 0 Å². The van der Waals surface area contributed by atoms with Crippen LogP contribution in [0.25, 0.3) is 11.3 Å². The van der Waals surface area contributed by atoms with E-state index in [-0.39, 0.29) is 5.97 Å². The smallest absolute Gasteiger partial charge is 0.338 e. The van der Waals surface area contributed by atoms with Crippen LogP contribution in [-0.4, -0.2) is 23.8 Å². The minimum absolute atomic E-state index is 0.287. The quantitative estimate of drug-likeness (QED) is 0.629. The van der Waals surface area contributed by atoms with Crippen LogP contribution in [0.3, 0.4) is 0 Å². The zero-order valence-electron chi connectivity index (χ0n) is 10.9. The van der Waals surface area contributed by atoms with E-state index >= 15 is 0 Å². The molecule has 0 saturated carbocycles. The summed E-state index contributed by atoms with van der Waals surface area (Å²) in [7, 11) is 0. The summed E-state index contributed by atoms with van der Waals surface area (Å²) in [6.07, 6.45) is 3.75. The van der Waals surface area contributed by atoms with Gasteiger partial charge in [0.25, 0.3) is 0 Å². The van der Waals surface area contributed by atoms with Crippen molar-refractivity contribution in [2.75, 3.05) is 12.9 Å². The van der Waals surface area contributed by atoms with Gasteiger partial charge in [0.2, 0.25) is 0 Å². The molecule has 0 fully saturated rings. The zero-order chi connectivity index (χ0) is 13.7. The first-order chi connectivity index (χ1) is 9.26. The van der Waals surface area contributed by atoms with E-state index in [1.54, 1.807) is 30.9 Å². The number of nitrogens with zero attached hydrogens (tertiary/aromatic N) is 1. The van der Waals surface area contributed by atoms with E-state index in [1.165, 1.54) is 0 Å². The minimum Gasteiger partial charge on any atom is -0.462 e. The summed E-state index contributed by atoms with van der Waals surface area (Å²) in [5.74, 6) is -0.287. The van der Waals surface area contributed by atoms with Crippen LogP contribution < -0.4 is 0 Å². The average molecular weight is 273 g/mol. The number of aromatic nitrogens is 1. The Balaban J connectivity index is 2.40. The highest BCUT2D eigenvalue weighted by Crippen LogP contribution is 2.30. The summed E-state index contributed by atoms with van der Waals surface area (Å²) in [6.45, 7) is 2.19. The van der Waals surface area contributed by atoms with Gasteiger partial charge in [0.1, 0.15) is 0 Å². The molecule has 3 nitrogen and oxygen atoms in total. The summed E-state index contributed by atoms with van der Waals surface area (Å²) >= 11 is 1.59. The average Bonchev–Trinajstić information content (AvgIpc) is 2.47. The van der Waals surface area contributed by atoms with E-state index in [2.05, 4.69) is 4.98 Å². The molecule has 4 heteroatoms. The molecule has 0 bridgehead atoms. The van der Waals surface area contributed by atoms with E-state index in [0.29, 0.717) is 12.2 Å². The minimum atomic E-state index is -0.287. The Morgan fingerprint density at radius 2 is 2.16 bits per heavy atom. The largest absolute Gasteiger partial charge is 0.462 e. The summed E-state index contributed by atoms with van der Waals surface area (Å²) in [6, 6.07) is 11.3. The highest BCUT2D eigenvalue weighted by Gasteiger charge is 2.11. The molecule has 1 heterocycles. The molecule has 1 aromatic carbocycles. The lowest BCUT2D eigenvalue weighted by Gasteiger charge is -2.09. The second kappa shape index (κ2) is 6.38. The molecule has 1 aromatic heterocycles. The van der Waals surface area contributed by atoms with Gasteiger partial charge in [-0.05, 0) is 37.4 Å². The van der Waals surface area contributed by atoms with Gasteiger partial charge in [-0.25, -0.2) is 4.79 Å². The van der Waals surface area contributed by atoms with Crippen molar-refractivity contribution in [2.45, 2.75) is 11.8 Å². The Labute approximate surface area is 117 Å². The lowest BCUT2D eigenvalue weighted by atomic mass is 10.1. The van der Waals surface area contributed by atoms with Gasteiger partial charge in [0.05, 0.1) is 17.9 Å². The van der Waals surface area contributed by atoms with Crippen LogP contribution >= 0.6 is 11.8 Å². The molecule has 0 unspecified atom stereocenters. The number of pyridine rings is 1. The molecule has 0 saturated heterocycles. The highest BCUT2D eigenvalue weighted by molar-refractivity contribution is 7.98. The molecule has 0 atom stereocenters. The Hall–Kier alpha value is -1.81. The third-order valence-corrected chi connectivity index (χ3v) is 3.43. The monoisotopic (exact) mass is 273 g/mol. The molecular formula is C15H15NO2S. The maximum atomic E-state index is 11.7. The van der Waals surface area contributed by atoms with Gasteiger partial charge in [-0.2, -0.15) is 0 Å². The molecule has 0 aliphatic heterocycles. The summed E-state index contributed by atoms with van der Waals surface area (Å²) < 4.78 is 5.01. The van der Waals surface area contributed by atoms with Crippen molar-refractivity contribution < 1.29 is 9.53 Å². The predicted molar refractivity (Wildman–Crippen MR) is 77.4 cm³/mol. The molecule has 2 rings (SSSR count). The van der Waals surface area contributed by atoms with Crippen molar-refractivity contribution in [2.24, 2.45) is 0 Å². The lowest BCUT2D eigenvalue weighted by molar-refractivity contribution is 0.0526. The number of esters is 1. The van der Waals surface area contributed by atoms with Gasteiger partial charge >= 0.3 is 5.97 Å². The fraction of sp³-hybridized carbons (Fsp3) is 0.200. The number of carbonyl (C=O) groups is 1. The maximum absolute atomic E-state index is 11.7. The second-order valence-corrected chi connectivity index (χ2v) is 4.70. The Morgan fingerprint density at radius 3 is 2.79 bits per heavy atom. The molecular weight excluding hydrogens is 258 g/mol. The van der Waals surface area contributed by atoms with E-state index < -0.39 is 0 Å². The van der Waals surface area contributed by atoms with Gasteiger partial charge in [0, 0.05) is 16.7 Å². The van der Waals surface area contributed by atoms with Gasteiger partial charge in [-0.15, -0.1) is 11.8 Å². The van der Waals surface area contributed by atoms with Crippen molar-refractivity contribution >= 4 is 17.7 Å². The molecule has 0 N–H and O–H groups in total. The van der Waals surface area contributed by atoms with E-state index in [4.69, 9.17) is 4.74 Å². The van der Waals surface area contributed by atoms with Crippen LogP contribution in [-0.2, 0) is 4.74 Å². The molecule has 0 aliphatic rings. The van der Waals surface area contributed by atoms with Gasteiger partial charge < -0.3 is 4.74 Å². The fourth-order valence-corrected chi connectivity index (χ4v) is 2.40. The van der Waals surface area contributed by atoms with Gasteiger partial charge in [-0.3, -0.25) is 4.98 Å². The lowest BCUT2D eigenvalue weighted by Crippen LogP contribution is -2.04. The molecule has 0 radical (unpaired) electrons. The molecule has 0 aliphatic carbocycles. The van der Waals surface area contributed by atoms with Crippen LogP contribution in [0.4, 0.5) is 0 Å². The predicted octanol–water partition coefficient (Wildman–Crippen LogP) is 3.65. The van der Waals surface area contributed by atoms with E-state index in [9.17, 15) is 4.79 Å². The Bertz CT molecular complexity index is 570. The van der Waals surface area contributed by atoms with Gasteiger partial charge in [-0.1, -0.05) is 12.1 Å². The molecule has 98 valence electrons. The summed E-state index contributed by atoms with van der Waals surface area (Å²) in [5, 5.41) is 0. The zero-order valence-corrected chi connectivity index (χ0v) is 11.7. The number of rotatable bonds is 4. The molecule has 0 spiro atoms. The SMILES string of the molecule is CCOC(=O)c1ccc(-c2ccccn2)c(SC)c1. The summed E-state index contributed by atoms with van der Waals surface area (Å²) in [4.78, 5) is 17.1. The Morgan fingerprint density at radius 1 is 1.32 bits per heavy atom. The number of thioether (sulfide) groups is 1. The summed E-state index contributed by atoms with van der Waals surface area (Å²) in [5.41, 5.74) is 2.51. The first-order valence-electron chi connectivity index (χ1n) is 6.02. The second-order valence-electron chi connectivity index (χ2n) is 3.85. The van der Waals surface area contributed by atoms with Crippen LogP contribution in [0.1, 0.15) is 17.3 Å². The molecule has 0 amide bonds. The highest BCUT2D eigenvalue weighted by atomic mass is 32.2. The van der Waals surface area contributed by atoms with Crippen molar-refractivity contribution in [3.63, 3.8) is 0 Å². The van der Waals surface area contributed by atoms with Crippen molar-refractivity contribution in [3.8, 4) is 11.3 Å². The standard InChI is InChI=1S/C15H15NO2S/c1-3-18-15(17)11-7-8-12(14(10-11)19-2)13-6-4-5-9-16-13/h4-10H,3H2,1-2H3. The molecule has 19 heavy (non-hydrogen) atoms. The maximum Gasteiger partial charge on any atom is 0.338 e. The number of benzene rings is 1. The van der Waals surface area contributed by atoms with Crippen molar-refractivity contribution in [1.29, 1.82) is 0 Å². The fourth-order valence-electron chi connectivity index (χ4n) is 1.77. The number of hydrogen-bond acceptors (Lipinski definition) is 4. The van der Waals surface area contributed by atoms with Crippen LogP contribution in [0.5, 0.6) is 0 Å².